The predicted molar refractivity (Wildman–Crippen MR) is 63.8 cm³/mol. The molecule has 1 aromatic carbocycles. The van der Waals surface area contributed by atoms with Gasteiger partial charge in [-0.15, -0.1) is 6.58 Å². The van der Waals surface area contributed by atoms with Gasteiger partial charge in [-0.25, -0.2) is 0 Å². The zero-order valence-corrected chi connectivity index (χ0v) is 8.96. The quantitative estimate of drug-likeness (QED) is 0.551. The van der Waals surface area contributed by atoms with E-state index >= 15 is 0 Å². The van der Waals surface area contributed by atoms with E-state index in [1.54, 1.807) is 6.08 Å². The van der Waals surface area contributed by atoms with Gasteiger partial charge in [0.2, 0.25) is 0 Å². The Kier molecular flexibility index (Phi) is 14.6. The maximum absolute atomic E-state index is 3.63. The first-order valence-electron chi connectivity index (χ1n) is 4.59. The van der Waals surface area contributed by atoms with Crippen molar-refractivity contribution in [2.45, 2.75) is 20.8 Å². The van der Waals surface area contributed by atoms with Crippen molar-refractivity contribution < 1.29 is 0 Å². The minimum absolute atomic E-state index is 1.17. The third-order valence-corrected chi connectivity index (χ3v) is 1.04. The topological polar surface area (TPSA) is 0 Å². The first kappa shape index (κ1) is 14.2. The fraction of sp³-hybridized carbons (Fsp3) is 0.231. The van der Waals surface area contributed by atoms with E-state index in [4.69, 9.17) is 0 Å². The highest BCUT2D eigenvalue weighted by Gasteiger charge is 1.75. The molecule has 0 bridgehead atoms. The van der Waals surface area contributed by atoms with Crippen molar-refractivity contribution in [1.29, 1.82) is 0 Å². The highest BCUT2D eigenvalue weighted by molar-refractivity contribution is 5.45. The third kappa shape index (κ3) is 10.7. The molecule has 13 heavy (non-hydrogen) atoms. The Bertz CT molecular complexity index is 197. The first-order valence-corrected chi connectivity index (χ1v) is 4.59. The molecule has 72 valence electrons. The number of allylic oxidation sites excluding steroid dienone is 1. The summed E-state index contributed by atoms with van der Waals surface area (Å²) >= 11 is 0. The molecule has 0 fully saturated rings. The zero-order valence-electron chi connectivity index (χ0n) is 8.96. The molecule has 0 heteroatoms. The summed E-state index contributed by atoms with van der Waals surface area (Å²) in [5.41, 5.74) is 1.17. The largest absolute Gasteiger partial charge is 0.103 e. The lowest BCUT2D eigenvalue weighted by Crippen LogP contribution is -1.63. The van der Waals surface area contributed by atoms with Crippen LogP contribution in [0.3, 0.4) is 0 Å². The van der Waals surface area contributed by atoms with Crippen LogP contribution in [0.25, 0.3) is 6.08 Å². The Labute approximate surface area is 82.6 Å². The molecule has 0 saturated heterocycles. The highest BCUT2D eigenvalue weighted by Crippen LogP contribution is 1.97. The van der Waals surface area contributed by atoms with E-state index in [2.05, 4.69) is 13.2 Å². The Balaban J connectivity index is 0. The van der Waals surface area contributed by atoms with Crippen LogP contribution in [-0.2, 0) is 0 Å². The van der Waals surface area contributed by atoms with E-state index in [1.807, 2.05) is 57.2 Å². The molecule has 0 aromatic heterocycles. The molecule has 0 amide bonds. The molecular formula is C13H20. The first-order chi connectivity index (χ1) is 6.35. The van der Waals surface area contributed by atoms with Crippen LogP contribution < -0.4 is 0 Å². The van der Waals surface area contributed by atoms with Gasteiger partial charge in [0.15, 0.2) is 0 Å². The standard InChI is InChI=1S/C8H8.C3H6.C2H6/c1-2-8-6-4-3-5-7-8;1-3-2;1-2/h2-7H,1H2;3H,1H2,2H3;1-2H3. The summed E-state index contributed by atoms with van der Waals surface area (Å²) in [5.74, 6) is 0. The predicted octanol–water partition coefficient (Wildman–Crippen LogP) is 4.55. The lowest BCUT2D eigenvalue weighted by molar-refractivity contribution is 1.50. The molecule has 0 saturated carbocycles. The van der Waals surface area contributed by atoms with E-state index in [-0.39, 0.29) is 0 Å². The van der Waals surface area contributed by atoms with Gasteiger partial charge in [0, 0.05) is 0 Å². The van der Waals surface area contributed by atoms with Crippen molar-refractivity contribution in [3.63, 3.8) is 0 Å². The van der Waals surface area contributed by atoms with Gasteiger partial charge >= 0.3 is 0 Å². The second kappa shape index (κ2) is 13.3. The van der Waals surface area contributed by atoms with Gasteiger partial charge in [-0.2, -0.15) is 0 Å². The van der Waals surface area contributed by atoms with Crippen LogP contribution in [0.4, 0.5) is 0 Å². The average molecular weight is 176 g/mol. The molecule has 0 radical (unpaired) electrons. The summed E-state index contributed by atoms with van der Waals surface area (Å²) in [7, 11) is 0. The molecule has 0 N–H and O–H groups in total. The van der Waals surface area contributed by atoms with Gasteiger partial charge in [-0.05, 0) is 12.5 Å². The van der Waals surface area contributed by atoms with Crippen molar-refractivity contribution in [2.75, 3.05) is 0 Å². The summed E-state index contributed by atoms with van der Waals surface area (Å²) in [5, 5.41) is 0. The number of hydrogen-bond donors (Lipinski definition) is 0. The second-order valence-corrected chi connectivity index (χ2v) is 2.02. The van der Waals surface area contributed by atoms with Crippen LogP contribution in [0, 0.1) is 0 Å². The van der Waals surface area contributed by atoms with Crippen molar-refractivity contribution in [3.8, 4) is 0 Å². The molecule has 0 aliphatic rings. The fourth-order valence-corrected chi connectivity index (χ4v) is 0.589. The van der Waals surface area contributed by atoms with Gasteiger partial charge in [0.1, 0.15) is 0 Å². The van der Waals surface area contributed by atoms with Gasteiger partial charge in [0.05, 0.1) is 0 Å². The Morgan fingerprint density at radius 2 is 1.38 bits per heavy atom. The summed E-state index contributed by atoms with van der Waals surface area (Å²) < 4.78 is 0. The summed E-state index contributed by atoms with van der Waals surface area (Å²) in [6.07, 6.45) is 3.58. The Morgan fingerprint density at radius 3 is 1.62 bits per heavy atom. The molecule has 0 spiro atoms. The maximum Gasteiger partial charge on any atom is -0.0263 e. The van der Waals surface area contributed by atoms with Crippen LogP contribution in [-0.4, -0.2) is 0 Å². The third-order valence-electron chi connectivity index (χ3n) is 1.04. The number of benzene rings is 1. The highest BCUT2D eigenvalue weighted by atomic mass is 13.8. The minimum atomic E-state index is 1.17. The second-order valence-electron chi connectivity index (χ2n) is 2.02. The monoisotopic (exact) mass is 176 g/mol. The molecule has 1 rings (SSSR count). The van der Waals surface area contributed by atoms with Crippen molar-refractivity contribution in [2.24, 2.45) is 0 Å². The zero-order chi connectivity index (χ0) is 10.5. The molecule has 1 aromatic rings. The normalized spacial score (nSPS) is 6.69. The van der Waals surface area contributed by atoms with Crippen molar-refractivity contribution >= 4 is 6.08 Å². The van der Waals surface area contributed by atoms with E-state index in [0.717, 1.165) is 0 Å². The van der Waals surface area contributed by atoms with Crippen LogP contribution in [0.15, 0.2) is 49.6 Å². The molecular weight excluding hydrogens is 156 g/mol. The summed E-state index contributed by atoms with van der Waals surface area (Å²) in [6, 6.07) is 10.0. The lowest BCUT2D eigenvalue weighted by atomic mass is 10.2. The van der Waals surface area contributed by atoms with Gasteiger partial charge in [-0.1, -0.05) is 62.9 Å². The van der Waals surface area contributed by atoms with E-state index in [1.165, 1.54) is 5.56 Å². The molecule has 0 aliphatic heterocycles. The summed E-state index contributed by atoms with van der Waals surface area (Å²) in [6.45, 7) is 12.9. The molecule has 0 atom stereocenters. The Morgan fingerprint density at radius 1 is 1.00 bits per heavy atom. The Hall–Kier alpha value is -1.30. The fourth-order valence-electron chi connectivity index (χ4n) is 0.589. The van der Waals surface area contributed by atoms with Gasteiger partial charge in [0.25, 0.3) is 0 Å². The average Bonchev–Trinajstić information content (AvgIpc) is 2.23. The molecule has 0 unspecified atom stereocenters. The summed E-state index contributed by atoms with van der Waals surface area (Å²) in [4.78, 5) is 0. The van der Waals surface area contributed by atoms with Crippen molar-refractivity contribution in [3.05, 3.63) is 55.1 Å². The maximum atomic E-state index is 3.63. The van der Waals surface area contributed by atoms with Crippen molar-refractivity contribution in [1.82, 2.24) is 0 Å². The van der Waals surface area contributed by atoms with Gasteiger partial charge < -0.3 is 0 Å². The number of hydrogen-bond acceptors (Lipinski definition) is 0. The van der Waals surface area contributed by atoms with E-state index in [0.29, 0.717) is 0 Å². The SMILES string of the molecule is C=CC.C=Cc1ccccc1.CC. The number of rotatable bonds is 1. The van der Waals surface area contributed by atoms with Crippen LogP contribution in [0.1, 0.15) is 26.3 Å². The molecule has 0 aliphatic carbocycles. The van der Waals surface area contributed by atoms with E-state index in [9.17, 15) is 0 Å². The van der Waals surface area contributed by atoms with Crippen LogP contribution in [0.5, 0.6) is 0 Å². The lowest BCUT2D eigenvalue weighted by Gasteiger charge is -1.85. The minimum Gasteiger partial charge on any atom is -0.103 e. The molecule has 0 nitrogen and oxygen atoms in total. The molecule has 0 heterocycles. The van der Waals surface area contributed by atoms with Crippen LogP contribution in [0.2, 0.25) is 0 Å². The smallest absolute Gasteiger partial charge is 0.0263 e. The van der Waals surface area contributed by atoms with Gasteiger partial charge in [-0.3, -0.25) is 0 Å². The van der Waals surface area contributed by atoms with E-state index < -0.39 is 0 Å². The van der Waals surface area contributed by atoms with Crippen LogP contribution >= 0.6 is 0 Å².